The fourth-order valence-electron chi connectivity index (χ4n) is 2.65. The summed E-state index contributed by atoms with van der Waals surface area (Å²) in [6.45, 7) is 8.67. The average molecular weight is 341 g/mol. The van der Waals surface area contributed by atoms with Crippen LogP contribution in [0.2, 0.25) is 0 Å². The lowest BCUT2D eigenvalue weighted by molar-refractivity contribution is 0.0170. The second kappa shape index (κ2) is 11.7. The van der Waals surface area contributed by atoms with Crippen LogP contribution in [0.1, 0.15) is 39.0 Å². The topological polar surface area (TPSA) is 55.3 Å². The number of likely N-dealkylation sites (N-methyl/N-ethyl adjacent to an activating group) is 1. The van der Waals surface area contributed by atoms with Crippen LogP contribution in [0.4, 0.5) is 0 Å². The first kappa shape index (κ1) is 19.5. The largest absolute Gasteiger partial charge is 0.379 e. The molecule has 2 aliphatic rings. The monoisotopic (exact) mass is 341 g/mol. The molecule has 1 N–H and O–H groups in total. The second-order valence-electron chi connectivity index (χ2n) is 6.74. The quantitative estimate of drug-likeness (QED) is 0.334. The van der Waals surface area contributed by atoms with Crippen LogP contribution >= 0.6 is 0 Å². The molecule has 1 aliphatic heterocycles. The standard InChI is InChI=1S/C18H35N3O3/c1-3-19-18(21(2)10-13-23-14-16-7-8-16)20-9-5-11-22-15-17-6-4-12-24-17/h16-17H,3-15H2,1-2H3,(H,19,20). The molecule has 0 aromatic rings. The Bertz CT molecular complexity index is 355. The Morgan fingerprint density at radius 2 is 2.04 bits per heavy atom. The van der Waals surface area contributed by atoms with Gasteiger partial charge in [-0.25, -0.2) is 0 Å². The van der Waals surface area contributed by atoms with E-state index in [0.717, 1.165) is 77.4 Å². The fraction of sp³-hybridized carbons (Fsp3) is 0.944. The summed E-state index contributed by atoms with van der Waals surface area (Å²) in [5, 5.41) is 3.34. The number of hydrogen-bond acceptors (Lipinski definition) is 4. The van der Waals surface area contributed by atoms with E-state index >= 15 is 0 Å². The third-order valence-corrected chi connectivity index (χ3v) is 4.35. The van der Waals surface area contributed by atoms with Crippen molar-refractivity contribution < 1.29 is 14.2 Å². The summed E-state index contributed by atoms with van der Waals surface area (Å²) in [7, 11) is 2.07. The molecule has 0 spiro atoms. The average Bonchev–Trinajstić information content (AvgIpc) is 3.27. The fourth-order valence-corrected chi connectivity index (χ4v) is 2.65. The van der Waals surface area contributed by atoms with Gasteiger partial charge in [-0.2, -0.15) is 0 Å². The van der Waals surface area contributed by atoms with Gasteiger partial charge >= 0.3 is 0 Å². The molecule has 1 atom stereocenters. The van der Waals surface area contributed by atoms with E-state index < -0.39 is 0 Å². The molecular formula is C18H35N3O3. The molecule has 6 heteroatoms. The van der Waals surface area contributed by atoms with Crippen LogP contribution in [-0.2, 0) is 14.2 Å². The van der Waals surface area contributed by atoms with E-state index in [1.165, 1.54) is 19.3 Å². The molecule has 2 rings (SSSR count). The van der Waals surface area contributed by atoms with Crippen LogP contribution in [0.15, 0.2) is 4.99 Å². The van der Waals surface area contributed by atoms with Crippen molar-refractivity contribution in [2.24, 2.45) is 10.9 Å². The maximum absolute atomic E-state index is 5.71. The third kappa shape index (κ3) is 8.31. The maximum atomic E-state index is 5.71. The van der Waals surface area contributed by atoms with E-state index in [9.17, 15) is 0 Å². The number of hydrogen-bond donors (Lipinski definition) is 1. The van der Waals surface area contributed by atoms with E-state index in [4.69, 9.17) is 14.2 Å². The molecule has 0 aromatic heterocycles. The van der Waals surface area contributed by atoms with Crippen LogP contribution in [-0.4, -0.2) is 76.7 Å². The molecule has 140 valence electrons. The Kier molecular flexibility index (Phi) is 9.46. The summed E-state index contributed by atoms with van der Waals surface area (Å²) in [6.07, 6.45) is 6.24. The Labute approximate surface area is 146 Å². The molecule has 0 radical (unpaired) electrons. The number of guanidine groups is 1. The van der Waals surface area contributed by atoms with Crippen molar-refractivity contribution in [2.45, 2.75) is 45.1 Å². The molecule has 1 unspecified atom stereocenters. The SMILES string of the molecule is CCNC(=NCCCOCC1CCCO1)N(C)CCOCC1CC1. The molecule has 0 aromatic carbocycles. The number of rotatable bonds is 12. The lowest BCUT2D eigenvalue weighted by atomic mass is 10.2. The molecule has 6 nitrogen and oxygen atoms in total. The van der Waals surface area contributed by atoms with Gasteiger partial charge in [-0.05, 0) is 44.9 Å². The highest BCUT2D eigenvalue weighted by Gasteiger charge is 2.21. The number of nitrogens with zero attached hydrogens (tertiary/aromatic N) is 2. The molecule has 1 heterocycles. The molecule has 1 saturated heterocycles. The zero-order valence-corrected chi connectivity index (χ0v) is 15.5. The third-order valence-electron chi connectivity index (χ3n) is 4.35. The summed E-state index contributed by atoms with van der Waals surface area (Å²) >= 11 is 0. The summed E-state index contributed by atoms with van der Waals surface area (Å²) < 4.78 is 16.9. The maximum Gasteiger partial charge on any atom is 0.193 e. The minimum atomic E-state index is 0.313. The summed E-state index contributed by atoms with van der Waals surface area (Å²) in [4.78, 5) is 6.82. The van der Waals surface area contributed by atoms with Gasteiger partial charge in [0, 0.05) is 46.5 Å². The predicted octanol–water partition coefficient (Wildman–Crippen LogP) is 1.90. The van der Waals surface area contributed by atoms with Gasteiger partial charge in [-0.1, -0.05) is 0 Å². The highest BCUT2D eigenvalue weighted by molar-refractivity contribution is 5.79. The van der Waals surface area contributed by atoms with E-state index in [2.05, 4.69) is 29.2 Å². The van der Waals surface area contributed by atoms with Gasteiger partial charge in [0.25, 0.3) is 0 Å². The van der Waals surface area contributed by atoms with Crippen molar-refractivity contribution in [2.75, 3.05) is 59.7 Å². The Morgan fingerprint density at radius 1 is 1.21 bits per heavy atom. The number of ether oxygens (including phenoxy) is 3. The van der Waals surface area contributed by atoms with Crippen molar-refractivity contribution in [3.63, 3.8) is 0 Å². The van der Waals surface area contributed by atoms with E-state index in [1.807, 2.05) is 0 Å². The van der Waals surface area contributed by atoms with Gasteiger partial charge in [-0.3, -0.25) is 4.99 Å². The summed E-state index contributed by atoms with van der Waals surface area (Å²) in [5.74, 6) is 1.78. The minimum absolute atomic E-state index is 0.313. The first-order valence-electron chi connectivity index (χ1n) is 9.56. The molecule has 1 saturated carbocycles. The van der Waals surface area contributed by atoms with E-state index in [-0.39, 0.29) is 0 Å². The predicted molar refractivity (Wildman–Crippen MR) is 96.6 cm³/mol. The van der Waals surface area contributed by atoms with Crippen LogP contribution in [0.5, 0.6) is 0 Å². The van der Waals surface area contributed by atoms with Crippen molar-refractivity contribution in [3.05, 3.63) is 0 Å². The van der Waals surface area contributed by atoms with Gasteiger partial charge in [0.05, 0.1) is 19.3 Å². The zero-order chi connectivity index (χ0) is 17.0. The van der Waals surface area contributed by atoms with E-state index in [0.29, 0.717) is 6.10 Å². The van der Waals surface area contributed by atoms with Crippen LogP contribution in [0.25, 0.3) is 0 Å². The van der Waals surface area contributed by atoms with Gasteiger partial charge in [-0.15, -0.1) is 0 Å². The molecular weight excluding hydrogens is 306 g/mol. The van der Waals surface area contributed by atoms with Gasteiger partial charge in [0.1, 0.15) is 0 Å². The van der Waals surface area contributed by atoms with Crippen LogP contribution in [0.3, 0.4) is 0 Å². The first-order chi connectivity index (χ1) is 11.8. The van der Waals surface area contributed by atoms with Crippen molar-refractivity contribution in [3.8, 4) is 0 Å². The smallest absolute Gasteiger partial charge is 0.193 e. The highest BCUT2D eigenvalue weighted by Crippen LogP contribution is 2.28. The summed E-state index contributed by atoms with van der Waals surface area (Å²) in [6, 6.07) is 0. The normalized spacial score (nSPS) is 21.2. The minimum Gasteiger partial charge on any atom is -0.379 e. The van der Waals surface area contributed by atoms with Crippen molar-refractivity contribution >= 4 is 5.96 Å². The van der Waals surface area contributed by atoms with Crippen LogP contribution < -0.4 is 5.32 Å². The van der Waals surface area contributed by atoms with Gasteiger partial charge < -0.3 is 24.4 Å². The first-order valence-corrected chi connectivity index (χ1v) is 9.56. The van der Waals surface area contributed by atoms with Gasteiger partial charge in [0.15, 0.2) is 5.96 Å². The Morgan fingerprint density at radius 3 is 2.75 bits per heavy atom. The van der Waals surface area contributed by atoms with Crippen LogP contribution in [0, 0.1) is 5.92 Å². The lowest BCUT2D eigenvalue weighted by Gasteiger charge is -2.22. The van der Waals surface area contributed by atoms with Crippen molar-refractivity contribution in [1.82, 2.24) is 10.2 Å². The molecule has 0 bridgehead atoms. The number of nitrogens with one attached hydrogen (secondary N) is 1. The van der Waals surface area contributed by atoms with Crippen molar-refractivity contribution in [1.29, 1.82) is 0 Å². The molecule has 2 fully saturated rings. The van der Waals surface area contributed by atoms with Gasteiger partial charge in [0.2, 0.25) is 0 Å². The zero-order valence-electron chi connectivity index (χ0n) is 15.5. The summed E-state index contributed by atoms with van der Waals surface area (Å²) in [5.41, 5.74) is 0. The molecule has 1 aliphatic carbocycles. The Balaban J connectivity index is 1.53. The number of aliphatic imine (C=N–C) groups is 1. The molecule has 0 amide bonds. The highest BCUT2D eigenvalue weighted by atomic mass is 16.5. The molecule has 24 heavy (non-hydrogen) atoms. The van der Waals surface area contributed by atoms with E-state index in [1.54, 1.807) is 0 Å². The Hall–Kier alpha value is -0.850. The lowest BCUT2D eigenvalue weighted by Crippen LogP contribution is -2.40. The second-order valence-corrected chi connectivity index (χ2v) is 6.74.